The molecule has 0 bridgehead atoms. The first-order valence-electron chi connectivity index (χ1n) is 3.27. The molecule has 0 aliphatic rings. The van der Waals surface area contributed by atoms with E-state index < -0.39 is 6.00 Å². The fraction of sp³-hybridized carbons (Fsp3) is 0.143. The second kappa shape index (κ2) is 4.21. The van der Waals surface area contributed by atoms with Crippen LogP contribution in [0, 0.1) is 0 Å². The van der Waals surface area contributed by atoms with Crippen molar-refractivity contribution in [3.63, 3.8) is 0 Å². The summed E-state index contributed by atoms with van der Waals surface area (Å²) in [6, 6.07) is 4.65. The Morgan fingerprint density at radius 1 is 1.08 bits per heavy atom. The van der Waals surface area contributed by atoms with E-state index in [1.807, 2.05) is 24.3 Å². The Labute approximate surface area is 91.5 Å². The monoisotopic (exact) mass is 258 g/mol. The Balaban J connectivity index is 3.14. The predicted octanol–water partition coefficient (Wildman–Crippen LogP) is 3.29. The van der Waals surface area contributed by atoms with Gasteiger partial charge in [-0.25, -0.2) is 0 Å². The van der Waals surface area contributed by atoms with Gasteiger partial charge in [-0.2, -0.15) is 0 Å². The molecule has 0 saturated heterocycles. The van der Waals surface area contributed by atoms with Crippen molar-refractivity contribution < 1.29 is 0 Å². The van der Waals surface area contributed by atoms with E-state index >= 15 is 0 Å². The summed E-state index contributed by atoms with van der Waals surface area (Å²) in [5, 5.41) is 0.782. The third-order valence-corrected chi connectivity index (χ3v) is 4.69. The van der Waals surface area contributed by atoms with Gasteiger partial charge in [0.05, 0.1) is 0 Å². The summed E-state index contributed by atoms with van der Waals surface area (Å²) >= 11 is 23.2. The number of halogens is 4. The molecule has 1 aromatic rings. The number of hydrogen-bond donors (Lipinski definition) is 0. The fourth-order valence-corrected chi connectivity index (χ4v) is 3.74. The molecule has 0 aliphatic carbocycles. The summed E-state index contributed by atoms with van der Waals surface area (Å²) in [4.78, 5) is 0. The van der Waals surface area contributed by atoms with Gasteiger partial charge in [0.25, 0.3) is 0 Å². The number of benzene rings is 1. The van der Waals surface area contributed by atoms with Crippen LogP contribution in [0.15, 0.2) is 24.3 Å². The second-order valence-corrected chi connectivity index (χ2v) is 10.9. The van der Waals surface area contributed by atoms with E-state index in [4.69, 9.17) is 44.8 Å². The van der Waals surface area contributed by atoms with Gasteiger partial charge in [0, 0.05) is 5.88 Å². The zero-order valence-corrected chi connectivity index (χ0v) is 10.1. The third-order valence-electron chi connectivity index (χ3n) is 1.47. The Kier molecular flexibility index (Phi) is 3.74. The maximum atomic E-state index is 5.85. The molecule has 0 fully saturated rings. The molecule has 0 spiro atoms. The van der Waals surface area contributed by atoms with Crippen molar-refractivity contribution in [2.24, 2.45) is 0 Å². The van der Waals surface area contributed by atoms with Crippen LogP contribution in [0.25, 0.3) is 0 Å². The lowest BCUT2D eigenvalue weighted by Gasteiger charge is -2.11. The number of hydrogen-bond acceptors (Lipinski definition) is 0. The summed E-state index contributed by atoms with van der Waals surface area (Å²) in [6.07, 6.45) is 0. The van der Waals surface area contributed by atoms with E-state index in [-0.39, 0.29) is 0 Å². The van der Waals surface area contributed by atoms with Gasteiger partial charge in [0.1, 0.15) is 0 Å². The van der Waals surface area contributed by atoms with Crippen LogP contribution in [0.1, 0.15) is 5.56 Å². The van der Waals surface area contributed by atoms with Gasteiger partial charge in [0.15, 0.2) is 0 Å². The largest absolute Gasteiger partial charge is 0.373 e. The van der Waals surface area contributed by atoms with Crippen molar-refractivity contribution in [2.75, 3.05) is 0 Å². The molecule has 0 radical (unpaired) electrons. The number of rotatable bonds is 2. The SMILES string of the molecule is ClCc1ccccc1[Si](Cl)(Cl)Cl. The minimum Gasteiger partial charge on any atom is -0.122 e. The standard InChI is InChI=1S/C7H6Cl4Si/c8-5-6-3-1-2-4-7(6)12(9,10)11/h1-4H,5H2. The highest BCUT2D eigenvalue weighted by Gasteiger charge is 2.29. The normalized spacial score (nSPS) is 11.7. The van der Waals surface area contributed by atoms with Crippen LogP contribution in [0.3, 0.4) is 0 Å². The van der Waals surface area contributed by atoms with Crippen molar-refractivity contribution in [1.82, 2.24) is 0 Å². The van der Waals surface area contributed by atoms with Gasteiger partial charge in [-0.1, -0.05) is 24.3 Å². The average molecular weight is 260 g/mol. The van der Waals surface area contributed by atoms with E-state index in [1.54, 1.807) is 0 Å². The van der Waals surface area contributed by atoms with Crippen LogP contribution >= 0.6 is 44.8 Å². The first kappa shape index (κ1) is 10.7. The van der Waals surface area contributed by atoms with E-state index in [2.05, 4.69) is 0 Å². The predicted molar refractivity (Wildman–Crippen MR) is 58.9 cm³/mol. The van der Waals surface area contributed by atoms with Crippen molar-refractivity contribution in [3.8, 4) is 0 Å². The minimum atomic E-state index is -2.77. The molecule has 5 heteroatoms. The van der Waals surface area contributed by atoms with E-state index in [0.29, 0.717) is 5.88 Å². The van der Waals surface area contributed by atoms with Crippen molar-refractivity contribution in [3.05, 3.63) is 29.8 Å². The minimum absolute atomic E-state index is 0.386. The lowest BCUT2D eigenvalue weighted by molar-refractivity contribution is 1.44. The van der Waals surface area contributed by atoms with Crippen LogP contribution in [0.4, 0.5) is 0 Å². The van der Waals surface area contributed by atoms with Gasteiger partial charge >= 0.3 is 6.00 Å². The Bertz CT molecular complexity index is 268. The first-order chi connectivity index (χ1) is 5.55. The summed E-state index contributed by atoms with van der Waals surface area (Å²) in [6.45, 7) is 0. The van der Waals surface area contributed by atoms with Crippen molar-refractivity contribution >= 4 is 56.0 Å². The molecular weight excluding hydrogens is 254 g/mol. The molecule has 0 nitrogen and oxygen atoms in total. The molecule has 0 unspecified atom stereocenters. The molecule has 0 heterocycles. The third kappa shape index (κ3) is 2.54. The van der Waals surface area contributed by atoms with Crippen LogP contribution in [0.2, 0.25) is 0 Å². The number of alkyl halides is 1. The summed E-state index contributed by atoms with van der Waals surface area (Å²) in [7, 11) is 0. The first-order valence-corrected chi connectivity index (χ1v) is 8.84. The van der Waals surface area contributed by atoms with Crippen molar-refractivity contribution in [1.29, 1.82) is 0 Å². The van der Waals surface area contributed by atoms with E-state index in [0.717, 1.165) is 10.8 Å². The van der Waals surface area contributed by atoms with Crippen LogP contribution in [-0.4, -0.2) is 6.00 Å². The molecule has 0 aromatic heterocycles. The average Bonchev–Trinajstić information content (AvgIpc) is 2.03. The van der Waals surface area contributed by atoms with Gasteiger partial charge in [0.2, 0.25) is 0 Å². The van der Waals surface area contributed by atoms with E-state index in [9.17, 15) is 0 Å². The topological polar surface area (TPSA) is 0 Å². The molecule has 66 valence electrons. The highest BCUT2D eigenvalue weighted by atomic mass is 35.8. The molecule has 0 atom stereocenters. The molecule has 12 heavy (non-hydrogen) atoms. The maximum absolute atomic E-state index is 5.85. The van der Waals surface area contributed by atoms with Gasteiger partial charge in [-0.3, -0.25) is 0 Å². The molecule has 1 aromatic carbocycles. The fourth-order valence-electron chi connectivity index (χ4n) is 0.913. The highest BCUT2D eigenvalue weighted by Crippen LogP contribution is 2.21. The summed E-state index contributed by atoms with van der Waals surface area (Å²) < 4.78 is 0. The highest BCUT2D eigenvalue weighted by molar-refractivity contribution is 7.69. The lowest BCUT2D eigenvalue weighted by atomic mass is 10.2. The molecule has 0 N–H and O–H groups in total. The molecule has 0 amide bonds. The van der Waals surface area contributed by atoms with Gasteiger partial charge in [-0.05, 0) is 10.8 Å². The summed E-state index contributed by atoms with van der Waals surface area (Å²) in [5.41, 5.74) is 0.908. The molecule has 0 saturated carbocycles. The molecule has 0 aliphatic heterocycles. The zero-order chi connectivity index (χ0) is 9.19. The Hall–Kier alpha value is 0.597. The van der Waals surface area contributed by atoms with Crippen LogP contribution in [-0.2, 0) is 5.88 Å². The molecule has 1 rings (SSSR count). The van der Waals surface area contributed by atoms with Crippen LogP contribution < -0.4 is 5.19 Å². The quantitative estimate of drug-likeness (QED) is 0.435. The van der Waals surface area contributed by atoms with Crippen molar-refractivity contribution in [2.45, 2.75) is 5.88 Å². The second-order valence-electron chi connectivity index (χ2n) is 2.29. The summed E-state index contributed by atoms with van der Waals surface area (Å²) in [5.74, 6) is 0.386. The zero-order valence-electron chi connectivity index (χ0n) is 6.03. The van der Waals surface area contributed by atoms with E-state index in [1.165, 1.54) is 0 Å². The van der Waals surface area contributed by atoms with Crippen LogP contribution in [0.5, 0.6) is 0 Å². The lowest BCUT2D eigenvalue weighted by Crippen LogP contribution is -2.32. The Morgan fingerprint density at radius 3 is 2.08 bits per heavy atom. The van der Waals surface area contributed by atoms with Gasteiger partial charge in [-0.15, -0.1) is 44.8 Å². The maximum Gasteiger partial charge on any atom is 0.373 e. The van der Waals surface area contributed by atoms with Gasteiger partial charge < -0.3 is 0 Å². The molecular formula is C7H6Cl4Si. The Morgan fingerprint density at radius 2 is 1.67 bits per heavy atom. The smallest absolute Gasteiger partial charge is 0.122 e.